The van der Waals surface area contributed by atoms with Crippen molar-refractivity contribution in [3.05, 3.63) is 35.9 Å². The number of nitrogens with one attached hydrogen (secondary N) is 4. The summed E-state index contributed by atoms with van der Waals surface area (Å²) >= 11 is 0. The summed E-state index contributed by atoms with van der Waals surface area (Å²) in [7, 11) is 0. The van der Waals surface area contributed by atoms with Gasteiger partial charge in [0.05, 0.1) is 19.1 Å². The van der Waals surface area contributed by atoms with Gasteiger partial charge >= 0.3 is 11.9 Å². The molecule has 2 unspecified atom stereocenters. The second kappa shape index (κ2) is 14.1. The van der Waals surface area contributed by atoms with Crippen molar-refractivity contribution in [2.24, 2.45) is 5.73 Å². The zero-order valence-corrected chi connectivity index (χ0v) is 17.7. The average Bonchev–Trinajstić information content (AvgIpc) is 2.77. The third-order valence-corrected chi connectivity index (χ3v) is 4.22. The first-order valence-electron chi connectivity index (χ1n) is 9.93. The Morgan fingerprint density at radius 3 is 1.94 bits per heavy atom. The van der Waals surface area contributed by atoms with E-state index in [1.54, 1.807) is 30.3 Å². The van der Waals surface area contributed by atoms with Crippen molar-refractivity contribution in [3.8, 4) is 0 Å². The molecule has 33 heavy (non-hydrogen) atoms. The molecule has 2 atom stereocenters. The van der Waals surface area contributed by atoms with Crippen LogP contribution in [0.4, 0.5) is 0 Å². The molecule has 13 heteroatoms. The molecule has 0 aliphatic heterocycles. The Balaban J connectivity index is 2.57. The molecule has 0 bridgehead atoms. The maximum atomic E-state index is 12.4. The molecule has 0 aliphatic carbocycles. The van der Waals surface area contributed by atoms with Crippen LogP contribution in [0.2, 0.25) is 0 Å². The SMILES string of the molecule is NC(Cc1ccccc1)C(=O)NC(CCC(=O)O)C(=O)NCC(=O)NCC(=O)NCC(=O)O. The van der Waals surface area contributed by atoms with Gasteiger partial charge in [0.1, 0.15) is 12.6 Å². The number of aliphatic carboxylic acids is 2. The number of amides is 4. The molecule has 0 aliphatic rings. The fraction of sp³-hybridized carbons (Fsp3) is 0.400. The summed E-state index contributed by atoms with van der Waals surface area (Å²) in [6.45, 7) is -1.67. The fourth-order valence-electron chi connectivity index (χ4n) is 2.54. The molecule has 0 radical (unpaired) electrons. The highest BCUT2D eigenvalue weighted by molar-refractivity contribution is 5.93. The van der Waals surface area contributed by atoms with Crippen molar-refractivity contribution in [3.63, 3.8) is 0 Å². The number of benzene rings is 1. The summed E-state index contributed by atoms with van der Waals surface area (Å²) < 4.78 is 0. The smallest absolute Gasteiger partial charge is 0.322 e. The van der Waals surface area contributed by atoms with Crippen molar-refractivity contribution in [2.45, 2.75) is 31.3 Å². The van der Waals surface area contributed by atoms with Gasteiger partial charge in [-0.1, -0.05) is 30.3 Å². The molecule has 1 rings (SSSR count). The lowest BCUT2D eigenvalue weighted by Crippen LogP contribution is -2.53. The van der Waals surface area contributed by atoms with E-state index in [-0.39, 0.29) is 12.8 Å². The van der Waals surface area contributed by atoms with Crippen LogP contribution < -0.4 is 27.0 Å². The average molecular weight is 465 g/mol. The lowest BCUT2D eigenvalue weighted by Gasteiger charge is -2.20. The molecular formula is C20H27N5O8. The number of rotatable bonds is 14. The lowest BCUT2D eigenvalue weighted by atomic mass is 10.0. The maximum absolute atomic E-state index is 12.4. The molecule has 1 aromatic rings. The summed E-state index contributed by atoms with van der Waals surface area (Å²) in [5.41, 5.74) is 6.69. The minimum Gasteiger partial charge on any atom is -0.481 e. The summed E-state index contributed by atoms with van der Waals surface area (Å²) in [6.07, 6.45) is -0.446. The molecule has 0 aromatic heterocycles. The molecule has 8 N–H and O–H groups in total. The molecule has 0 saturated carbocycles. The van der Waals surface area contributed by atoms with Gasteiger partial charge in [0, 0.05) is 6.42 Å². The van der Waals surface area contributed by atoms with Gasteiger partial charge in [0.25, 0.3) is 0 Å². The number of carboxylic acid groups (broad SMARTS) is 2. The largest absolute Gasteiger partial charge is 0.481 e. The van der Waals surface area contributed by atoms with E-state index < -0.39 is 73.7 Å². The van der Waals surface area contributed by atoms with Gasteiger partial charge in [-0.05, 0) is 18.4 Å². The minimum atomic E-state index is -1.25. The zero-order chi connectivity index (χ0) is 24.8. The molecule has 0 saturated heterocycles. The monoisotopic (exact) mass is 465 g/mol. The van der Waals surface area contributed by atoms with Gasteiger partial charge in [0.2, 0.25) is 23.6 Å². The lowest BCUT2D eigenvalue weighted by molar-refractivity contribution is -0.138. The predicted molar refractivity (Wildman–Crippen MR) is 114 cm³/mol. The minimum absolute atomic E-state index is 0.201. The van der Waals surface area contributed by atoms with Crippen molar-refractivity contribution in [1.82, 2.24) is 21.3 Å². The van der Waals surface area contributed by atoms with E-state index in [9.17, 15) is 28.8 Å². The molecule has 1 aromatic carbocycles. The molecule has 180 valence electrons. The van der Waals surface area contributed by atoms with Crippen molar-refractivity contribution in [2.75, 3.05) is 19.6 Å². The highest BCUT2D eigenvalue weighted by Gasteiger charge is 2.25. The van der Waals surface area contributed by atoms with E-state index in [2.05, 4.69) is 16.0 Å². The summed E-state index contributed by atoms with van der Waals surface area (Å²) in [5, 5.41) is 26.2. The standard InChI is InChI=1S/C20H27N5O8/c21-13(8-12-4-2-1-3-5-12)19(32)25-14(6-7-17(28)29)20(33)24-10-16(27)22-9-15(26)23-11-18(30)31/h1-5,13-14H,6-11,21H2,(H,22,27)(H,23,26)(H,24,33)(H,25,32)(H,28,29)(H,30,31). The van der Waals surface area contributed by atoms with E-state index >= 15 is 0 Å². The zero-order valence-electron chi connectivity index (χ0n) is 17.7. The number of carbonyl (C=O) groups excluding carboxylic acids is 4. The maximum Gasteiger partial charge on any atom is 0.322 e. The van der Waals surface area contributed by atoms with Crippen LogP contribution in [0.3, 0.4) is 0 Å². The number of carboxylic acids is 2. The Kier molecular flexibility index (Phi) is 11.6. The van der Waals surface area contributed by atoms with E-state index in [0.717, 1.165) is 5.56 Å². The van der Waals surface area contributed by atoms with E-state index in [1.165, 1.54) is 0 Å². The van der Waals surface area contributed by atoms with Gasteiger partial charge in [-0.25, -0.2) is 0 Å². The molecular weight excluding hydrogens is 438 g/mol. The summed E-state index contributed by atoms with van der Waals surface area (Å²) in [5.74, 6) is -5.39. The van der Waals surface area contributed by atoms with Crippen molar-refractivity contribution >= 4 is 35.6 Å². The number of hydrogen-bond donors (Lipinski definition) is 7. The van der Waals surface area contributed by atoms with Crippen LogP contribution in [-0.2, 0) is 35.2 Å². The van der Waals surface area contributed by atoms with Crippen LogP contribution in [0.1, 0.15) is 18.4 Å². The van der Waals surface area contributed by atoms with Crippen LogP contribution in [0.15, 0.2) is 30.3 Å². The van der Waals surface area contributed by atoms with Crippen LogP contribution in [0.25, 0.3) is 0 Å². The van der Waals surface area contributed by atoms with Crippen LogP contribution in [-0.4, -0.2) is 77.5 Å². The topological polar surface area (TPSA) is 217 Å². The molecule has 0 spiro atoms. The Labute approximate surface area is 189 Å². The Morgan fingerprint density at radius 2 is 1.36 bits per heavy atom. The van der Waals surface area contributed by atoms with Crippen LogP contribution in [0.5, 0.6) is 0 Å². The first-order chi connectivity index (χ1) is 15.6. The quantitative estimate of drug-likeness (QED) is 0.152. The fourth-order valence-corrected chi connectivity index (χ4v) is 2.54. The highest BCUT2D eigenvalue weighted by atomic mass is 16.4. The Hall–Kier alpha value is -4.00. The third-order valence-electron chi connectivity index (χ3n) is 4.22. The third kappa shape index (κ3) is 11.8. The van der Waals surface area contributed by atoms with E-state index in [1.807, 2.05) is 5.32 Å². The Bertz CT molecular complexity index is 861. The van der Waals surface area contributed by atoms with Gasteiger partial charge in [-0.2, -0.15) is 0 Å². The predicted octanol–water partition coefficient (Wildman–Crippen LogP) is -2.66. The van der Waals surface area contributed by atoms with Gasteiger partial charge < -0.3 is 37.2 Å². The number of carbonyl (C=O) groups is 6. The normalized spacial score (nSPS) is 12.0. The van der Waals surface area contributed by atoms with Crippen molar-refractivity contribution < 1.29 is 39.0 Å². The first-order valence-corrected chi connectivity index (χ1v) is 9.93. The summed E-state index contributed by atoms with van der Waals surface area (Å²) in [4.78, 5) is 69.2. The van der Waals surface area contributed by atoms with Crippen LogP contribution in [0, 0.1) is 0 Å². The number of nitrogens with two attached hydrogens (primary N) is 1. The summed E-state index contributed by atoms with van der Waals surface area (Å²) in [6, 6.07) is 6.69. The molecule has 0 fully saturated rings. The van der Waals surface area contributed by atoms with E-state index in [4.69, 9.17) is 15.9 Å². The van der Waals surface area contributed by atoms with E-state index in [0.29, 0.717) is 0 Å². The van der Waals surface area contributed by atoms with Crippen LogP contribution >= 0.6 is 0 Å². The van der Waals surface area contributed by atoms with Crippen molar-refractivity contribution in [1.29, 1.82) is 0 Å². The Morgan fingerprint density at radius 1 is 0.788 bits per heavy atom. The van der Waals surface area contributed by atoms with Gasteiger partial charge in [-0.3, -0.25) is 28.8 Å². The molecule has 0 heterocycles. The number of hydrogen-bond acceptors (Lipinski definition) is 7. The highest BCUT2D eigenvalue weighted by Crippen LogP contribution is 2.04. The first kappa shape index (κ1) is 27.0. The van der Waals surface area contributed by atoms with Gasteiger partial charge in [0.15, 0.2) is 0 Å². The second-order valence-corrected chi connectivity index (χ2v) is 6.95. The second-order valence-electron chi connectivity index (χ2n) is 6.95. The van der Waals surface area contributed by atoms with Gasteiger partial charge in [-0.15, -0.1) is 0 Å². The molecule has 13 nitrogen and oxygen atoms in total. The molecule has 4 amide bonds.